The number of benzene rings is 2. The summed E-state index contributed by atoms with van der Waals surface area (Å²) in [4.78, 5) is 29.1. The van der Waals surface area contributed by atoms with Crippen LogP contribution in [0.1, 0.15) is 39.2 Å². The Hall–Kier alpha value is -2.36. The first-order chi connectivity index (χ1) is 12.8. The minimum absolute atomic E-state index is 0.00833. The molecule has 0 atom stereocenters. The van der Waals surface area contributed by atoms with E-state index in [1.54, 1.807) is 0 Å². The summed E-state index contributed by atoms with van der Waals surface area (Å²) in [5.41, 5.74) is 0.812. The maximum atomic E-state index is 12.9. The zero-order chi connectivity index (χ0) is 19.6. The molecule has 1 aliphatic rings. The summed E-state index contributed by atoms with van der Waals surface area (Å²) in [6.07, 6.45) is 1.50. The molecule has 0 aromatic heterocycles. The topological polar surface area (TPSA) is 40.6 Å². The highest BCUT2D eigenvalue weighted by Crippen LogP contribution is 2.26. The molecule has 4 heteroatoms. The predicted molar refractivity (Wildman–Crippen MR) is 109 cm³/mol. The molecule has 0 radical (unpaired) electrons. The Balaban J connectivity index is 1.62. The van der Waals surface area contributed by atoms with Crippen molar-refractivity contribution in [1.29, 1.82) is 0 Å². The number of carbonyl (C=O) groups is 2. The molecule has 2 amide bonds. The molecule has 1 aliphatic heterocycles. The third kappa shape index (κ3) is 4.32. The summed E-state index contributed by atoms with van der Waals surface area (Å²) in [6, 6.07) is 14.5. The van der Waals surface area contributed by atoms with E-state index in [1.165, 1.54) is 16.3 Å². The van der Waals surface area contributed by atoms with Crippen molar-refractivity contribution in [2.75, 3.05) is 20.1 Å². The van der Waals surface area contributed by atoms with Gasteiger partial charge in [-0.3, -0.25) is 9.59 Å². The van der Waals surface area contributed by atoms with Crippen molar-refractivity contribution in [2.24, 2.45) is 11.3 Å². The van der Waals surface area contributed by atoms with Crippen LogP contribution in [0.5, 0.6) is 0 Å². The van der Waals surface area contributed by atoms with Crippen LogP contribution in [0.4, 0.5) is 0 Å². The minimum atomic E-state index is -0.359. The van der Waals surface area contributed by atoms with Gasteiger partial charge in [0.2, 0.25) is 11.8 Å². The first-order valence-electron chi connectivity index (χ1n) is 9.78. The number of nitrogens with zero attached hydrogens (tertiary/aromatic N) is 2. The van der Waals surface area contributed by atoms with E-state index < -0.39 is 0 Å². The Morgan fingerprint density at radius 1 is 1.04 bits per heavy atom. The van der Waals surface area contributed by atoms with E-state index in [2.05, 4.69) is 24.3 Å². The molecular formula is C23H30N2O2. The maximum absolute atomic E-state index is 12.9. The lowest BCUT2D eigenvalue weighted by Crippen LogP contribution is -2.46. The van der Waals surface area contributed by atoms with E-state index in [4.69, 9.17) is 0 Å². The van der Waals surface area contributed by atoms with Gasteiger partial charge in [0.25, 0.3) is 0 Å². The van der Waals surface area contributed by atoms with Gasteiger partial charge in [-0.15, -0.1) is 0 Å². The molecule has 3 rings (SSSR count). The highest BCUT2D eigenvalue weighted by Gasteiger charge is 2.33. The smallest absolute Gasteiger partial charge is 0.227 e. The van der Waals surface area contributed by atoms with Crippen molar-refractivity contribution in [3.8, 4) is 0 Å². The van der Waals surface area contributed by atoms with Crippen molar-refractivity contribution >= 4 is 22.6 Å². The van der Waals surface area contributed by atoms with Gasteiger partial charge in [0, 0.05) is 38.0 Å². The second kappa shape index (κ2) is 7.71. The number of hydrogen-bond donors (Lipinski definition) is 0. The van der Waals surface area contributed by atoms with Crippen LogP contribution >= 0.6 is 0 Å². The Bertz CT molecular complexity index is 824. The number of carbonyl (C=O) groups excluding carboxylic acids is 2. The summed E-state index contributed by atoms with van der Waals surface area (Å²) in [5, 5.41) is 2.40. The van der Waals surface area contributed by atoms with Crippen molar-refractivity contribution in [3.63, 3.8) is 0 Å². The number of fused-ring (bicyclic) bond motifs is 1. The van der Waals surface area contributed by atoms with Crippen LogP contribution in [0.25, 0.3) is 10.8 Å². The van der Waals surface area contributed by atoms with Crippen molar-refractivity contribution < 1.29 is 9.59 Å². The average Bonchev–Trinajstić information content (AvgIpc) is 2.66. The van der Waals surface area contributed by atoms with Gasteiger partial charge in [-0.1, -0.05) is 63.2 Å². The fraction of sp³-hybridized carbons (Fsp3) is 0.478. The first-order valence-corrected chi connectivity index (χ1v) is 9.78. The molecular weight excluding hydrogens is 336 g/mol. The number of rotatable bonds is 3. The van der Waals surface area contributed by atoms with Gasteiger partial charge >= 0.3 is 0 Å². The lowest BCUT2D eigenvalue weighted by Gasteiger charge is -2.36. The number of amides is 2. The molecule has 2 aromatic carbocycles. The van der Waals surface area contributed by atoms with E-state index in [-0.39, 0.29) is 23.1 Å². The minimum Gasteiger partial charge on any atom is -0.342 e. The van der Waals surface area contributed by atoms with Crippen LogP contribution in [0.2, 0.25) is 0 Å². The Kier molecular flexibility index (Phi) is 5.54. The van der Waals surface area contributed by atoms with Crippen LogP contribution in [0.15, 0.2) is 42.5 Å². The summed E-state index contributed by atoms with van der Waals surface area (Å²) >= 11 is 0. The second-order valence-corrected chi connectivity index (χ2v) is 8.65. The average molecular weight is 367 g/mol. The third-order valence-electron chi connectivity index (χ3n) is 5.44. The van der Waals surface area contributed by atoms with Crippen molar-refractivity contribution in [2.45, 2.75) is 40.2 Å². The highest BCUT2D eigenvalue weighted by atomic mass is 16.2. The molecule has 2 aromatic rings. The molecule has 144 valence electrons. The molecule has 0 unspecified atom stereocenters. The van der Waals surface area contributed by atoms with Crippen LogP contribution < -0.4 is 0 Å². The van der Waals surface area contributed by atoms with Crippen LogP contribution in [0.3, 0.4) is 0 Å². The van der Waals surface area contributed by atoms with E-state index in [1.807, 2.05) is 55.8 Å². The highest BCUT2D eigenvalue weighted by molar-refractivity contribution is 5.86. The monoisotopic (exact) mass is 366 g/mol. The zero-order valence-electron chi connectivity index (χ0n) is 16.9. The molecule has 0 aliphatic carbocycles. The van der Waals surface area contributed by atoms with Gasteiger partial charge in [0.05, 0.1) is 0 Å². The quantitative estimate of drug-likeness (QED) is 0.821. The summed E-state index contributed by atoms with van der Waals surface area (Å²) in [5.74, 6) is 0.372. The fourth-order valence-corrected chi connectivity index (χ4v) is 3.88. The number of likely N-dealkylation sites (tertiary alicyclic amines) is 1. The molecule has 0 saturated carbocycles. The van der Waals surface area contributed by atoms with E-state index in [0.717, 1.165) is 12.8 Å². The lowest BCUT2D eigenvalue weighted by molar-refractivity contribution is -0.144. The van der Waals surface area contributed by atoms with Crippen LogP contribution in [-0.4, -0.2) is 41.8 Å². The molecule has 4 nitrogen and oxygen atoms in total. The summed E-state index contributed by atoms with van der Waals surface area (Å²) in [6.45, 7) is 7.81. The molecule has 0 bridgehead atoms. The van der Waals surface area contributed by atoms with Crippen molar-refractivity contribution in [1.82, 2.24) is 9.80 Å². The normalized spacial score (nSPS) is 15.8. The predicted octanol–water partition coefficient (Wildman–Crippen LogP) is 4.08. The number of hydrogen-bond acceptors (Lipinski definition) is 2. The van der Waals surface area contributed by atoms with Gasteiger partial charge in [-0.2, -0.15) is 0 Å². The zero-order valence-corrected chi connectivity index (χ0v) is 16.9. The molecule has 1 fully saturated rings. The van der Waals surface area contributed by atoms with Gasteiger partial charge < -0.3 is 9.80 Å². The van der Waals surface area contributed by atoms with Gasteiger partial charge in [-0.05, 0) is 29.2 Å². The maximum Gasteiger partial charge on any atom is 0.227 e. The molecule has 27 heavy (non-hydrogen) atoms. The first kappa shape index (κ1) is 19.4. The largest absolute Gasteiger partial charge is 0.342 e. The molecule has 0 spiro atoms. The Morgan fingerprint density at radius 2 is 1.67 bits per heavy atom. The molecule has 1 heterocycles. The van der Waals surface area contributed by atoms with Crippen LogP contribution in [0, 0.1) is 11.3 Å². The lowest BCUT2D eigenvalue weighted by atomic mass is 9.90. The summed E-state index contributed by atoms with van der Waals surface area (Å²) < 4.78 is 0. The van der Waals surface area contributed by atoms with Gasteiger partial charge in [0.1, 0.15) is 0 Å². The van der Waals surface area contributed by atoms with Gasteiger partial charge in [0.15, 0.2) is 0 Å². The van der Waals surface area contributed by atoms with E-state index >= 15 is 0 Å². The van der Waals surface area contributed by atoms with Crippen molar-refractivity contribution in [3.05, 3.63) is 48.0 Å². The molecule has 0 N–H and O–H groups in total. The SMILES string of the molecule is CN(Cc1cccc2ccccc12)C(=O)C1CCN(C(=O)C(C)(C)C)CC1. The van der Waals surface area contributed by atoms with E-state index in [0.29, 0.717) is 19.6 Å². The fourth-order valence-electron chi connectivity index (χ4n) is 3.88. The standard InChI is InChI=1S/C23H30N2O2/c1-23(2,3)22(27)25-14-12-18(13-15-25)21(26)24(4)16-19-10-7-9-17-8-5-6-11-20(17)19/h5-11,18H,12-16H2,1-4H3. The Morgan fingerprint density at radius 3 is 2.33 bits per heavy atom. The van der Waals surface area contributed by atoms with E-state index in [9.17, 15) is 9.59 Å². The second-order valence-electron chi connectivity index (χ2n) is 8.65. The van der Waals surface area contributed by atoms with Gasteiger partial charge in [-0.25, -0.2) is 0 Å². The number of piperidine rings is 1. The molecule has 1 saturated heterocycles. The van der Waals surface area contributed by atoms with Crippen LogP contribution in [-0.2, 0) is 16.1 Å². The third-order valence-corrected chi connectivity index (χ3v) is 5.44. The summed E-state index contributed by atoms with van der Waals surface area (Å²) in [7, 11) is 1.89. The Labute approximate surface area is 162 Å².